The Morgan fingerprint density at radius 1 is 1.12 bits per heavy atom. The van der Waals surface area contributed by atoms with Gasteiger partial charge in [0.1, 0.15) is 6.04 Å². The van der Waals surface area contributed by atoms with Crippen molar-refractivity contribution in [2.24, 2.45) is 23.2 Å². The van der Waals surface area contributed by atoms with Crippen molar-refractivity contribution < 1.29 is 24.0 Å². The Hall–Kier alpha value is -1.12. The molecule has 7 nitrogen and oxygen atoms in total. The van der Waals surface area contributed by atoms with Crippen LogP contribution in [0.25, 0.3) is 0 Å². The number of nitrogens with one attached hydrogen (secondary N) is 2. The Bertz CT molecular complexity index is 715. The molecule has 0 aromatic heterocycles. The molecule has 0 unspecified atom stereocenters. The number of hydrogen-bond donors (Lipinski definition) is 3. The molecule has 2 amide bonds. The first-order chi connectivity index (χ1) is 15.4. The van der Waals surface area contributed by atoms with Crippen LogP contribution in [0.4, 0.5) is 0 Å². The molecule has 33 heavy (non-hydrogen) atoms. The summed E-state index contributed by atoms with van der Waals surface area (Å²) in [4.78, 5) is 25.5. The average Bonchev–Trinajstić information content (AvgIpc) is 3.08. The minimum atomic E-state index is -1.00. The van der Waals surface area contributed by atoms with Crippen molar-refractivity contribution in [3.63, 3.8) is 0 Å². The zero-order valence-electron chi connectivity index (χ0n) is 21.6. The van der Waals surface area contributed by atoms with Gasteiger partial charge in [0.2, 0.25) is 11.8 Å². The fourth-order valence-electron chi connectivity index (χ4n) is 6.28. The van der Waals surface area contributed by atoms with Crippen molar-refractivity contribution >= 4 is 18.9 Å². The molecule has 188 valence electrons. The zero-order chi connectivity index (χ0) is 24.6. The minimum Gasteiger partial charge on any atom is -0.404 e. The highest BCUT2D eigenvalue weighted by Gasteiger charge is 2.68. The average molecular weight is 464 g/mol. The molecule has 3 aliphatic carbocycles. The first kappa shape index (κ1) is 26.5. The number of rotatable bonds is 11. The molecule has 4 aliphatic rings. The van der Waals surface area contributed by atoms with Crippen LogP contribution in [-0.2, 0) is 18.9 Å². The molecular formula is C25H45BN2O5. The summed E-state index contributed by atoms with van der Waals surface area (Å²) in [5, 5.41) is 16.0. The number of aliphatic hydroxyl groups excluding tert-OH is 1. The van der Waals surface area contributed by atoms with Gasteiger partial charge < -0.3 is 25.0 Å². The maximum atomic E-state index is 13.2. The van der Waals surface area contributed by atoms with E-state index in [2.05, 4.69) is 52.2 Å². The van der Waals surface area contributed by atoms with E-state index in [0.29, 0.717) is 30.6 Å². The van der Waals surface area contributed by atoms with Gasteiger partial charge in [-0.2, -0.15) is 0 Å². The summed E-state index contributed by atoms with van der Waals surface area (Å²) >= 11 is 0. The SMILES string of the molecule is CCCCCC(=O)N[C@H](C(=O)N[C@@H](CC(C)C)B1O[C@@H]2C[C@H]3C[C@H](C3(C)C)[C@]2(C)O1)[C@@H](C)O. The number of carbonyl (C=O) groups is 2. The molecule has 3 N–H and O–H groups in total. The summed E-state index contributed by atoms with van der Waals surface area (Å²) < 4.78 is 13.0. The quantitative estimate of drug-likeness (QED) is 0.322. The van der Waals surface area contributed by atoms with Crippen LogP contribution in [-0.4, -0.2) is 53.8 Å². The fourth-order valence-corrected chi connectivity index (χ4v) is 6.28. The van der Waals surface area contributed by atoms with Gasteiger partial charge in [-0.25, -0.2) is 0 Å². The fraction of sp³-hybridized carbons (Fsp3) is 0.920. The van der Waals surface area contributed by atoms with Crippen molar-refractivity contribution in [1.29, 1.82) is 0 Å². The Labute approximate surface area is 200 Å². The topological polar surface area (TPSA) is 96.9 Å². The Balaban J connectivity index is 1.67. The molecule has 1 heterocycles. The van der Waals surface area contributed by atoms with Crippen molar-refractivity contribution in [2.75, 3.05) is 0 Å². The van der Waals surface area contributed by atoms with Gasteiger partial charge in [-0.05, 0) is 62.7 Å². The van der Waals surface area contributed by atoms with E-state index in [1.54, 1.807) is 0 Å². The first-order valence-electron chi connectivity index (χ1n) is 13.0. The lowest BCUT2D eigenvalue weighted by Gasteiger charge is -2.64. The summed E-state index contributed by atoms with van der Waals surface area (Å²) in [7, 11) is -0.531. The van der Waals surface area contributed by atoms with Crippen LogP contribution in [0.2, 0.25) is 0 Å². The third kappa shape index (κ3) is 5.43. The van der Waals surface area contributed by atoms with Gasteiger partial charge in [-0.3, -0.25) is 9.59 Å². The summed E-state index contributed by atoms with van der Waals surface area (Å²) in [6.45, 7) is 14.6. The molecule has 7 atom stereocenters. The number of hydrogen-bond acceptors (Lipinski definition) is 5. The van der Waals surface area contributed by atoms with Crippen molar-refractivity contribution in [3.05, 3.63) is 0 Å². The number of unbranched alkanes of at least 4 members (excludes halogenated alkanes) is 2. The van der Waals surface area contributed by atoms with E-state index in [-0.39, 0.29) is 29.0 Å². The number of carbonyl (C=O) groups excluding carboxylic acids is 2. The molecule has 3 saturated carbocycles. The van der Waals surface area contributed by atoms with Crippen molar-refractivity contribution in [3.8, 4) is 0 Å². The third-order valence-corrected chi connectivity index (χ3v) is 8.44. The van der Waals surface area contributed by atoms with Gasteiger partial charge in [-0.1, -0.05) is 47.5 Å². The monoisotopic (exact) mass is 464 g/mol. The first-order valence-corrected chi connectivity index (χ1v) is 13.0. The van der Waals surface area contributed by atoms with E-state index >= 15 is 0 Å². The van der Waals surface area contributed by atoms with Crippen LogP contribution in [0, 0.1) is 23.2 Å². The largest absolute Gasteiger partial charge is 0.481 e. The lowest BCUT2D eigenvalue weighted by molar-refractivity contribution is -0.199. The summed E-state index contributed by atoms with van der Waals surface area (Å²) in [6, 6.07) is -1.00. The maximum absolute atomic E-state index is 13.2. The van der Waals surface area contributed by atoms with Gasteiger partial charge in [0.05, 0.1) is 23.8 Å². The van der Waals surface area contributed by atoms with Crippen molar-refractivity contribution in [2.45, 2.75) is 123 Å². The summed E-state index contributed by atoms with van der Waals surface area (Å²) in [5.74, 6) is 0.468. The van der Waals surface area contributed by atoms with E-state index in [1.807, 2.05) is 0 Å². The smallest absolute Gasteiger partial charge is 0.404 e. The molecular weight excluding hydrogens is 419 g/mol. The second-order valence-electron chi connectivity index (χ2n) is 11.8. The Kier molecular flexibility index (Phi) is 8.22. The van der Waals surface area contributed by atoms with Gasteiger partial charge >= 0.3 is 7.12 Å². The van der Waals surface area contributed by atoms with Crippen LogP contribution < -0.4 is 10.6 Å². The van der Waals surface area contributed by atoms with E-state index in [4.69, 9.17) is 9.31 Å². The lowest BCUT2D eigenvalue weighted by Crippen LogP contribution is -2.65. The lowest BCUT2D eigenvalue weighted by atomic mass is 9.43. The van der Waals surface area contributed by atoms with Crippen LogP contribution in [0.1, 0.15) is 93.4 Å². The van der Waals surface area contributed by atoms with Gasteiger partial charge in [0.15, 0.2) is 0 Å². The normalized spacial score (nSPS) is 32.5. The molecule has 0 radical (unpaired) electrons. The molecule has 2 bridgehead atoms. The molecule has 0 spiro atoms. The van der Waals surface area contributed by atoms with Crippen molar-refractivity contribution in [1.82, 2.24) is 10.6 Å². The van der Waals surface area contributed by atoms with Gasteiger partial charge in [-0.15, -0.1) is 0 Å². The van der Waals surface area contributed by atoms with E-state index in [0.717, 1.165) is 25.7 Å². The molecule has 4 fully saturated rings. The van der Waals surface area contributed by atoms with Crippen LogP contribution in [0.15, 0.2) is 0 Å². The second kappa shape index (κ2) is 10.2. The Morgan fingerprint density at radius 3 is 2.39 bits per heavy atom. The third-order valence-electron chi connectivity index (χ3n) is 8.44. The Morgan fingerprint density at radius 2 is 1.82 bits per heavy atom. The summed E-state index contributed by atoms with van der Waals surface area (Å²) in [5.41, 5.74) is -0.0974. The number of aliphatic hydroxyl groups is 1. The van der Waals surface area contributed by atoms with Gasteiger partial charge in [0.25, 0.3) is 0 Å². The molecule has 8 heteroatoms. The highest BCUT2D eigenvalue weighted by atomic mass is 16.7. The highest BCUT2D eigenvalue weighted by Crippen LogP contribution is 2.65. The van der Waals surface area contributed by atoms with Crippen LogP contribution in [0.3, 0.4) is 0 Å². The predicted molar refractivity (Wildman–Crippen MR) is 129 cm³/mol. The molecule has 1 aliphatic heterocycles. The second-order valence-corrected chi connectivity index (χ2v) is 11.8. The van der Waals surface area contributed by atoms with E-state index in [9.17, 15) is 14.7 Å². The van der Waals surface area contributed by atoms with Gasteiger partial charge in [0, 0.05) is 6.42 Å². The maximum Gasteiger partial charge on any atom is 0.481 e. The zero-order valence-corrected chi connectivity index (χ0v) is 21.6. The standard InChI is InChI=1S/C25H45BN2O5/c1-8-9-10-11-21(30)28-22(16(4)29)23(31)27-20(12-15(2)3)26-32-19-14-17-13-18(24(17,5)6)25(19,7)33-26/h15-20,22,29H,8-14H2,1-7H3,(H,27,31)(H,28,30)/t16-,17-,18-,19-,20+,22+,25+/m1/s1. The van der Waals surface area contributed by atoms with E-state index in [1.165, 1.54) is 13.3 Å². The molecule has 0 aromatic rings. The predicted octanol–water partition coefficient (Wildman–Crippen LogP) is 3.23. The highest BCUT2D eigenvalue weighted by molar-refractivity contribution is 6.48. The molecule has 0 aromatic carbocycles. The van der Waals surface area contributed by atoms with E-state index < -0.39 is 25.2 Å². The van der Waals surface area contributed by atoms with Crippen LogP contribution >= 0.6 is 0 Å². The summed E-state index contributed by atoms with van der Waals surface area (Å²) in [6.07, 6.45) is 4.99. The minimum absolute atomic E-state index is 0.0386. The molecule has 1 saturated heterocycles. The number of amides is 2. The molecule has 4 rings (SSSR count). The van der Waals surface area contributed by atoms with Crippen LogP contribution in [0.5, 0.6) is 0 Å².